The lowest BCUT2D eigenvalue weighted by molar-refractivity contribution is -0.155. The number of aromatic nitrogens is 3. The highest BCUT2D eigenvalue weighted by Gasteiger charge is 2.62. The number of H-pyrrole nitrogens is 1. The van der Waals surface area contributed by atoms with Crippen LogP contribution < -0.4 is 5.32 Å². The number of rotatable bonds is 3. The van der Waals surface area contributed by atoms with Crippen LogP contribution in [0, 0.1) is 11.8 Å². The fourth-order valence-electron chi connectivity index (χ4n) is 4.44. The van der Waals surface area contributed by atoms with Gasteiger partial charge < -0.3 is 14.9 Å². The second-order valence-electron chi connectivity index (χ2n) is 7.63. The number of hydrogen-bond acceptors (Lipinski definition) is 5. The first-order valence-electron chi connectivity index (χ1n) is 8.86. The molecule has 2 heterocycles. The molecule has 3 aromatic rings. The third-order valence-corrected chi connectivity index (χ3v) is 6.04. The van der Waals surface area contributed by atoms with Gasteiger partial charge in [-0.3, -0.25) is 9.89 Å². The molecular formula is C18H14ClF3N4O3. The van der Waals surface area contributed by atoms with Crippen LogP contribution in [0.5, 0.6) is 0 Å². The molecule has 7 nitrogen and oxygen atoms in total. The van der Waals surface area contributed by atoms with Crippen LogP contribution in [0.15, 0.2) is 28.9 Å². The summed E-state index contributed by atoms with van der Waals surface area (Å²) >= 11 is 6.16. The zero-order valence-electron chi connectivity index (χ0n) is 14.6. The zero-order chi connectivity index (χ0) is 20.6. The third-order valence-electron chi connectivity index (χ3n) is 5.82. The van der Waals surface area contributed by atoms with Crippen LogP contribution in [-0.4, -0.2) is 32.4 Å². The highest BCUT2D eigenvalue weighted by Crippen LogP contribution is 2.60. The molecule has 152 valence electrons. The maximum absolute atomic E-state index is 12.6. The Labute approximate surface area is 166 Å². The number of halogens is 4. The Morgan fingerprint density at radius 2 is 2.03 bits per heavy atom. The highest BCUT2D eigenvalue weighted by atomic mass is 35.5. The number of aromatic amines is 1. The second-order valence-corrected chi connectivity index (χ2v) is 8.06. The maximum atomic E-state index is 12.6. The van der Waals surface area contributed by atoms with Crippen molar-refractivity contribution < 1.29 is 27.6 Å². The quantitative estimate of drug-likeness (QED) is 0.596. The summed E-state index contributed by atoms with van der Waals surface area (Å²) in [6.45, 7) is 0. The van der Waals surface area contributed by atoms with E-state index in [4.69, 9.17) is 11.6 Å². The first-order valence-corrected chi connectivity index (χ1v) is 9.24. The van der Waals surface area contributed by atoms with Crippen LogP contribution >= 0.6 is 11.6 Å². The lowest BCUT2D eigenvalue weighted by Gasteiger charge is -2.27. The largest absolute Gasteiger partial charge is 0.452 e. The number of nitrogens with one attached hydrogen (secondary N) is 2. The fourth-order valence-corrected chi connectivity index (χ4v) is 4.66. The van der Waals surface area contributed by atoms with Crippen molar-refractivity contribution in [1.29, 1.82) is 0 Å². The Balaban J connectivity index is 1.29. The molecule has 11 heteroatoms. The van der Waals surface area contributed by atoms with Crippen molar-refractivity contribution in [2.75, 3.05) is 0 Å². The van der Waals surface area contributed by atoms with Gasteiger partial charge in [0, 0.05) is 22.5 Å². The van der Waals surface area contributed by atoms with Crippen LogP contribution in [0.1, 0.15) is 34.7 Å². The van der Waals surface area contributed by atoms with Gasteiger partial charge in [-0.05, 0) is 42.4 Å². The first-order chi connectivity index (χ1) is 13.7. The first kappa shape index (κ1) is 18.4. The molecule has 0 radical (unpaired) electrons. The zero-order valence-corrected chi connectivity index (χ0v) is 15.4. The van der Waals surface area contributed by atoms with Gasteiger partial charge in [-0.15, -0.1) is 0 Å². The molecule has 0 spiro atoms. The Bertz CT molecular complexity index is 1110. The molecule has 0 aliphatic heterocycles. The van der Waals surface area contributed by atoms with E-state index in [2.05, 4.69) is 25.2 Å². The molecule has 29 heavy (non-hydrogen) atoms. The van der Waals surface area contributed by atoms with Gasteiger partial charge >= 0.3 is 6.18 Å². The van der Waals surface area contributed by atoms with Crippen molar-refractivity contribution in [3.8, 4) is 0 Å². The molecule has 0 unspecified atom stereocenters. The lowest BCUT2D eigenvalue weighted by Crippen LogP contribution is -2.33. The molecule has 1 aromatic carbocycles. The number of carbonyl (C=O) groups excluding carboxylic acids is 1. The minimum Gasteiger partial charge on any atom is -0.385 e. The highest BCUT2D eigenvalue weighted by molar-refractivity contribution is 6.31. The van der Waals surface area contributed by atoms with Gasteiger partial charge in [-0.1, -0.05) is 16.8 Å². The molecule has 5 rings (SSSR count). The van der Waals surface area contributed by atoms with Gasteiger partial charge in [0.25, 0.3) is 5.91 Å². The smallest absolute Gasteiger partial charge is 0.385 e. The van der Waals surface area contributed by atoms with Crippen molar-refractivity contribution in [2.24, 2.45) is 11.8 Å². The minimum absolute atomic E-state index is 0.0128. The summed E-state index contributed by atoms with van der Waals surface area (Å²) in [5.41, 5.74) is -0.135. The van der Waals surface area contributed by atoms with E-state index >= 15 is 0 Å². The van der Waals surface area contributed by atoms with E-state index < -0.39 is 29.1 Å². The number of benzene rings is 1. The average molecular weight is 427 g/mol. The maximum Gasteiger partial charge on any atom is 0.452 e. The predicted molar refractivity (Wildman–Crippen MR) is 94.0 cm³/mol. The van der Waals surface area contributed by atoms with Crippen molar-refractivity contribution in [1.82, 2.24) is 20.7 Å². The van der Waals surface area contributed by atoms with Crippen molar-refractivity contribution >= 4 is 28.4 Å². The number of aliphatic hydroxyl groups is 1. The van der Waals surface area contributed by atoms with E-state index in [0.29, 0.717) is 29.5 Å². The average Bonchev–Trinajstić information content (AvgIpc) is 3.16. The summed E-state index contributed by atoms with van der Waals surface area (Å²) < 4.78 is 41.9. The molecule has 3 N–H and O–H groups in total. The van der Waals surface area contributed by atoms with Crippen LogP contribution in [0.2, 0.25) is 5.02 Å². The minimum atomic E-state index is -4.70. The number of carbonyl (C=O) groups is 1. The summed E-state index contributed by atoms with van der Waals surface area (Å²) in [7, 11) is 0. The molecule has 2 fully saturated rings. The van der Waals surface area contributed by atoms with E-state index in [9.17, 15) is 23.1 Å². The van der Waals surface area contributed by atoms with Gasteiger partial charge in [0.2, 0.25) is 5.76 Å². The van der Waals surface area contributed by atoms with Gasteiger partial charge in [-0.2, -0.15) is 18.3 Å². The SMILES string of the molecule is O=C(N[C@H]1[C@@H]2C[C@](O)(c3cc(Cl)cc4[nH]ncc34)C[C@@H]21)c1cc(C(F)(F)F)on1. The molecule has 0 bridgehead atoms. The topological polar surface area (TPSA) is 104 Å². The Hall–Kier alpha value is -2.59. The van der Waals surface area contributed by atoms with Crippen LogP contribution in [-0.2, 0) is 11.8 Å². The monoisotopic (exact) mass is 426 g/mol. The summed E-state index contributed by atoms with van der Waals surface area (Å²) in [4.78, 5) is 12.2. The fraction of sp³-hybridized carbons (Fsp3) is 0.389. The molecule has 2 aromatic heterocycles. The Morgan fingerprint density at radius 3 is 2.69 bits per heavy atom. The van der Waals surface area contributed by atoms with Crippen LogP contribution in [0.3, 0.4) is 0 Å². The molecular weight excluding hydrogens is 413 g/mol. The number of fused-ring (bicyclic) bond motifs is 2. The molecule has 0 saturated heterocycles. The number of nitrogens with zero attached hydrogens (tertiary/aromatic N) is 2. The Kier molecular flexibility index (Phi) is 3.79. The summed E-state index contributed by atoms with van der Waals surface area (Å²) in [5.74, 6) is -2.02. The molecule has 1 amide bonds. The van der Waals surface area contributed by atoms with Gasteiger partial charge in [0.05, 0.1) is 17.3 Å². The molecule has 2 aliphatic rings. The summed E-state index contributed by atoms with van der Waals surface area (Å²) in [6, 6.07) is 3.78. The molecule has 2 saturated carbocycles. The Morgan fingerprint density at radius 1 is 1.31 bits per heavy atom. The van der Waals surface area contributed by atoms with Crippen molar-refractivity contribution in [2.45, 2.75) is 30.7 Å². The van der Waals surface area contributed by atoms with E-state index in [1.54, 1.807) is 18.3 Å². The van der Waals surface area contributed by atoms with Crippen LogP contribution in [0.4, 0.5) is 13.2 Å². The van der Waals surface area contributed by atoms with Crippen LogP contribution in [0.25, 0.3) is 10.9 Å². The standard InChI is InChI=1S/C18H14ClF3N4O3/c19-7-1-11(10-6-23-25-12(10)2-7)17(28)4-8-9(5-17)15(8)24-16(27)13-3-14(29-26-13)18(20,21)22/h1-3,6,8-9,15,28H,4-5H2,(H,23,25)(H,24,27)/t8-,9+,15+,17-. The second kappa shape index (κ2) is 5.96. The van der Waals surface area contributed by atoms with Crippen molar-refractivity contribution in [3.05, 3.63) is 46.4 Å². The van der Waals surface area contributed by atoms with E-state index in [1.165, 1.54) is 0 Å². The number of amides is 1. The number of hydrogen-bond donors (Lipinski definition) is 3. The number of alkyl halides is 3. The van der Waals surface area contributed by atoms with Gasteiger partial charge in [0.15, 0.2) is 5.69 Å². The normalized spacial score (nSPS) is 28.5. The molecule has 4 atom stereocenters. The molecule has 2 aliphatic carbocycles. The van der Waals surface area contributed by atoms with E-state index in [1.807, 2.05) is 0 Å². The van der Waals surface area contributed by atoms with Crippen molar-refractivity contribution in [3.63, 3.8) is 0 Å². The lowest BCUT2D eigenvalue weighted by atomic mass is 9.86. The van der Waals surface area contributed by atoms with E-state index in [-0.39, 0.29) is 17.9 Å². The summed E-state index contributed by atoms with van der Waals surface area (Å²) in [6.07, 6.45) is -2.27. The van der Waals surface area contributed by atoms with Gasteiger partial charge in [0.1, 0.15) is 0 Å². The third kappa shape index (κ3) is 2.98. The van der Waals surface area contributed by atoms with E-state index in [0.717, 1.165) is 10.9 Å². The summed E-state index contributed by atoms with van der Waals surface area (Å²) in [5, 5.41) is 25.2. The van der Waals surface area contributed by atoms with Gasteiger partial charge in [-0.25, -0.2) is 0 Å². The predicted octanol–water partition coefficient (Wildman–Crippen LogP) is 3.25.